The van der Waals surface area contributed by atoms with Gasteiger partial charge in [-0.3, -0.25) is 14.4 Å². The molecular formula is C51H87NO12Si. The lowest BCUT2D eigenvalue weighted by molar-refractivity contribution is -0.302. The number of aliphatic hydroxyl groups excluding tert-OH is 1. The number of rotatable bonds is 10. The van der Waals surface area contributed by atoms with Crippen LogP contribution in [0.2, 0.25) is 16.6 Å². The summed E-state index contributed by atoms with van der Waals surface area (Å²) in [5.41, 5.74) is 2.45. The van der Waals surface area contributed by atoms with Crippen molar-refractivity contribution in [3.05, 3.63) is 23.3 Å². The molecule has 14 heteroatoms. The number of hydrogen-bond donors (Lipinski definition) is 2. The zero-order valence-corrected chi connectivity index (χ0v) is 43.6. The molecule has 0 aromatic rings. The fraction of sp³-hybridized carbons (Fsp3) is 0.843. The summed E-state index contributed by atoms with van der Waals surface area (Å²) in [5, 5.41) is 22.9. The van der Waals surface area contributed by atoms with Crippen molar-refractivity contribution in [3.63, 3.8) is 0 Å². The molecule has 2 N–H and O–H groups in total. The zero-order chi connectivity index (χ0) is 48.7. The van der Waals surface area contributed by atoms with E-state index in [0.29, 0.717) is 44.9 Å². The number of fused-ring (bicyclic) bond motifs is 3. The Balaban J connectivity index is 1.91. The van der Waals surface area contributed by atoms with Crippen LogP contribution in [-0.4, -0.2) is 129 Å². The van der Waals surface area contributed by atoms with E-state index in [0.717, 1.165) is 11.1 Å². The molecule has 0 aromatic heterocycles. The maximum absolute atomic E-state index is 14.9. The van der Waals surface area contributed by atoms with Crippen LogP contribution >= 0.6 is 0 Å². The Hall–Kier alpha value is -2.30. The van der Waals surface area contributed by atoms with Crippen LogP contribution in [0.3, 0.4) is 0 Å². The minimum atomic E-state index is -2.63. The average Bonchev–Trinajstić information content (AvgIpc) is 3.25. The fourth-order valence-corrected chi connectivity index (χ4v) is 17.6. The third kappa shape index (κ3) is 12.7. The fourth-order valence-electron chi connectivity index (χ4n) is 12.0. The minimum Gasteiger partial charge on any atom is -0.456 e. The molecule has 372 valence electrons. The van der Waals surface area contributed by atoms with Crippen LogP contribution in [0, 0.1) is 29.6 Å². The van der Waals surface area contributed by atoms with Crippen molar-refractivity contribution >= 4 is 31.8 Å². The molecular weight excluding hydrogens is 847 g/mol. The van der Waals surface area contributed by atoms with Crippen molar-refractivity contribution < 1.29 is 57.5 Å². The minimum absolute atomic E-state index is 0.0224. The Morgan fingerprint density at radius 1 is 0.831 bits per heavy atom. The van der Waals surface area contributed by atoms with Gasteiger partial charge in [-0.1, -0.05) is 87.0 Å². The first-order valence-electron chi connectivity index (χ1n) is 24.8. The first-order chi connectivity index (χ1) is 30.5. The molecule has 3 heterocycles. The number of amides is 1. The summed E-state index contributed by atoms with van der Waals surface area (Å²) in [5.74, 6) is -6.96. The number of nitrogens with zero attached hydrogens (tertiary/aromatic N) is 1. The van der Waals surface area contributed by atoms with Crippen molar-refractivity contribution in [3.8, 4) is 0 Å². The second-order valence-electron chi connectivity index (χ2n) is 21.3. The molecule has 1 amide bonds. The van der Waals surface area contributed by atoms with Gasteiger partial charge in [0.25, 0.3) is 11.7 Å². The summed E-state index contributed by atoms with van der Waals surface area (Å²) in [7, 11) is 2.08. The van der Waals surface area contributed by atoms with E-state index in [-0.39, 0.29) is 66.2 Å². The van der Waals surface area contributed by atoms with E-state index in [9.17, 15) is 29.4 Å². The van der Waals surface area contributed by atoms with E-state index in [2.05, 4.69) is 54.5 Å². The second kappa shape index (κ2) is 23.8. The highest BCUT2D eigenvalue weighted by atomic mass is 28.4. The van der Waals surface area contributed by atoms with Gasteiger partial charge in [-0.15, -0.1) is 0 Å². The zero-order valence-electron chi connectivity index (χ0n) is 42.6. The van der Waals surface area contributed by atoms with Crippen LogP contribution in [0.15, 0.2) is 23.3 Å². The van der Waals surface area contributed by atoms with Gasteiger partial charge in [-0.2, -0.15) is 0 Å². The smallest absolute Gasteiger partial charge is 0.329 e. The molecule has 13 nitrogen and oxygen atoms in total. The van der Waals surface area contributed by atoms with Crippen molar-refractivity contribution in [1.29, 1.82) is 0 Å². The normalized spacial score (nSPS) is 37.2. The van der Waals surface area contributed by atoms with Crippen LogP contribution in [0.25, 0.3) is 0 Å². The van der Waals surface area contributed by atoms with E-state index in [1.807, 2.05) is 33.8 Å². The molecule has 3 fully saturated rings. The number of aliphatic hydroxyl groups is 2. The van der Waals surface area contributed by atoms with Crippen LogP contribution < -0.4 is 0 Å². The number of allylic oxidation sites excluding steroid dienone is 3. The first-order valence-corrected chi connectivity index (χ1v) is 26.9. The summed E-state index contributed by atoms with van der Waals surface area (Å²) >= 11 is 0. The van der Waals surface area contributed by atoms with Gasteiger partial charge in [0.1, 0.15) is 24.0 Å². The molecule has 1 saturated carbocycles. The van der Waals surface area contributed by atoms with E-state index >= 15 is 0 Å². The van der Waals surface area contributed by atoms with Crippen LogP contribution in [0.1, 0.15) is 147 Å². The highest BCUT2D eigenvalue weighted by molar-refractivity contribution is 6.77. The monoisotopic (exact) mass is 934 g/mol. The Kier molecular flexibility index (Phi) is 20.3. The van der Waals surface area contributed by atoms with Gasteiger partial charge in [0.05, 0.1) is 30.5 Å². The number of Topliss-reactive ketones (excluding diaryl/α,β-unsaturated/α-hetero) is 2. The molecule has 1 aliphatic carbocycles. The van der Waals surface area contributed by atoms with Crippen molar-refractivity contribution in [2.45, 2.75) is 218 Å². The third-order valence-electron chi connectivity index (χ3n) is 15.6. The first kappa shape index (κ1) is 55.3. The molecule has 14 unspecified atom stereocenters. The number of carbonyl (C=O) groups is 4. The molecule has 0 aromatic carbocycles. The van der Waals surface area contributed by atoms with E-state index in [4.69, 9.17) is 28.1 Å². The molecule has 0 spiro atoms. The lowest BCUT2D eigenvalue weighted by Gasteiger charge is -2.47. The standard InChI is InChI=1S/C51H87NO12Si/c1-29(2)65(30(3)4,31(5)6)64-42-28-41(54)34(9)23-32(7)22-33(8)24-44(60-14)47-45(61-15)26-36(11)51(58,63-47)48(55)49(56)52-21-17-16-18-39(52)50(57)62-46(37(42)12)35(10)25-38-19-20-40(53)43(27-38)59-13/h23,25,29-31,33-34,36-40,42-47,53,58H,16-22,24,26-28H2,1-15H3. The number of hydrogen-bond acceptors (Lipinski definition) is 12. The largest absolute Gasteiger partial charge is 0.456 e. The van der Waals surface area contributed by atoms with Gasteiger partial charge in [0.15, 0.2) is 0 Å². The van der Waals surface area contributed by atoms with Crippen molar-refractivity contribution in [2.24, 2.45) is 29.6 Å². The Morgan fingerprint density at radius 2 is 1.43 bits per heavy atom. The predicted octanol–water partition coefficient (Wildman–Crippen LogP) is 8.28. The number of esters is 1. The van der Waals surface area contributed by atoms with Crippen LogP contribution in [0.5, 0.6) is 0 Å². The second-order valence-corrected chi connectivity index (χ2v) is 26.7. The Labute approximate surface area is 392 Å². The lowest BCUT2D eigenvalue weighted by atomic mass is 9.82. The summed E-state index contributed by atoms with van der Waals surface area (Å²) in [4.78, 5) is 59.8. The Bertz CT molecular complexity index is 1660. The van der Waals surface area contributed by atoms with E-state index in [1.165, 1.54) is 4.90 Å². The molecule has 3 aliphatic heterocycles. The molecule has 4 rings (SSSR count). The van der Waals surface area contributed by atoms with E-state index in [1.54, 1.807) is 28.3 Å². The number of ketones is 2. The molecule has 2 saturated heterocycles. The average molecular weight is 934 g/mol. The number of cyclic esters (lactones) is 1. The molecule has 14 atom stereocenters. The quantitative estimate of drug-likeness (QED) is 0.0933. The lowest BCUT2D eigenvalue weighted by Crippen LogP contribution is -2.64. The van der Waals surface area contributed by atoms with E-state index < -0.39 is 92.2 Å². The molecule has 2 bridgehead atoms. The van der Waals surface area contributed by atoms with Crippen LogP contribution in [-0.2, 0) is 47.3 Å². The highest BCUT2D eigenvalue weighted by Gasteiger charge is 2.57. The molecule has 0 radical (unpaired) electrons. The molecule has 4 aliphatic rings. The number of carbonyl (C=O) groups excluding carboxylic acids is 4. The van der Waals surface area contributed by atoms with Crippen molar-refractivity contribution in [2.75, 3.05) is 27.9 Å². The molecule has 65 heavy (non-hydrogen) atoms. The van der Waals surface area contributed by atoms with Gasteiger partial charge in [-0.25, -0.2) is 4.79 Å². The summed E-state index contributed by atoms with van der Waals surface area (Å²) < 4.78 is 38.1. The van der Waals surface area contributed by atoms with Gasteiger partial charge in [0, 0.05) is 52.0 Å². The number of methoxy groups -OCH3 is 3. The number of piperidine rings is 1. The van der Waals surface area contributed by atoms with Crippen LogP contribution in [0.4, 0.5) is 0 Å². The summed E-state index contributed by atoms with van der Waals surface area (Å²) in [6.45, 7) is 25.0. The highest BCUT2D eigenvalue weighted by Crippen LogP contribution is 2.45. The Morgan fingerprint density at radius 3 is 2.02 bits per heavy atom. The SMILES string of the molecule is COC1CC(C=C(C)C2OC(=O)C3CCCCN3C(=O)C(=O)C3(O)OC(C(OC)CC(C)CC(C)=CC(C)C(=O)CC(O[Si](C(C)C)(C(C)C)C(C)C)C2C)C(OC)CC3C)CCC1O. The van der Waals surface area contributed by atoms with Gasteiger partial charge in [-0.05, 0) is 106 Å². The topological polar surface area (TPSA) is 167 Å². The number of ether oxygens (including phenoxy) is 5. The summed E-state index contributed by atoms with van der Waals surface area (Å²) in [6.07, 6.45) is 4.48. The van der Waals surface area contributed by atoms with Gasteiger partial charge in [0.2, 0.25) is 14.1 Å². The summed E-state index contributed by atoms with van der Waals surface area (Å²) in [6, 6.07) is -1.11. The van der Waals surface area contributed by atoms with Crippen molar-refractivity contribution in [1.82, 2.24) is 4.90 Å². The maximum atomic E-state index is 14.9. The maximum Gasteiger partial charge on any atom is 0.329 e. The van der Waals surface area contributed by atoms with Gasteiger partial charge < -0.3 is 43.2 Å². The predicted molar refractivity (Wildman–Crippen MR) is 253 cm³/mol. The van der Waals surface area contributed by atoms with Gasteiger partial charge >= 0.3 is 5.97 Å². The third-order valence-corrected chi connectivity index (χ3v) is 21.8.